The average molecular weight is 275 g/mol. The number of hydrogen-bond acceptors (Lipinski definition) is 3. The van der Waals surface area contributed by atoms with Crippen molar-refractivity contribution in [1.29, 1.82) is 0 Å². The molecule has 0 aromatic rings. The molecule has 0 spiro atoms. The maximum absolute atomic E-state index is 11.9. The number of rotatable bonds is 5. The first-order valence-electron chi connectivity index (χ1n) is 7.59. The first-order valence-corrected chi connectivity index (χ1v) is 7.59. The highest BCUT2D eigenvalue weighted by molar-refractivity contribution is 6.44. The van der Waals surface area contributed by atoms with Crippen molar-refractivity contribution in [3.8, 4) is 0 Å². The van der Waals surface area contributed by atoms with Crippen LogP contribution in [0.5, 0.6) is 0 Å². The third-order valence-corrected chi connectivity index (χ3v) is 3.60. The molecule has 0 aromatic heterocycles. The topological polar surface area (TPSA) is 44.7 Å². The minimum atomic E-state index is -0.101. The summed E-state index contributed by atoms with van der Waals surface area (Å²) in [5.41, 5.74) is 1.82. The van der Waals surface area contributed by atoms with Gasteiger partial charge in [-0.1, -0.05) is 26.3 Å². The molecule has 2 heterocycles. The highest BCUT2D eigenvalue weighted by atomic mass is 16.1. The smallest absolute Gasteiger partial charge is 0.273 e. The zero-order chi connectivity index (χ0) is 14.4. The molecule has 0 bridgehead atoms. The van der Waals surface area contributed by atoms with Gasteiger partial charge in [0, 0.05) is 12.7 Å². The summed E-state index contributed by atoms with van der Waals surface area (Å²) in [5, 5.41) is 2.77. The standard InChI is InChI=1S/C16H25N3O/c1-13(2)6-7-17-16(20)15-10-14(11-18-15)12-19-8-4-3-5-9-19/h6-7,10,13H,3-5,8-9,11-12H2,1-2H3,(H,17,20)/b7-6+. The molecule has 1 fully saturated rings. The van der Waals surface area contributed by atoms with Gasteiger partial charge < -0.3 is 5.32 Å². The summed E-state index contributed by atoms with van der Waals surface area (Å²) < 4.78 is 0. The molecular formula is C16H25N3O. The van der Waals surface area contributed by atoms with Gasteiger partial charge in [-0.3, -0.25) is 14.7 Å². The number of allylic oxidation sites excluding steroid dienone is 1. The monoisotopic (exact) mass is 275 g/mol. The van der Waals surface area contributed by atoms with E-state index < -0.39 is 0 Å². The largest absolute Gasteiger partial charge is 0.328 e. The zero-order valence-corrected chi connectivity index (χ0v) is 12.6. The third-order valence-electron chi connectivity index (χ3n) is 3.60. The van der Waals surface area contributed by atoms with E-state index in [-0.39, 0.29) is 5.91 Å². The fraction of sp³-hybridized carbons (Fsp3) is 0.625. The fourth-order valence-electron chi connectivity index (χ4n) is 2.50. The second-order valence-corrected chi connectivity index (χ2v) is 5.92. The third kappa shape index (κ3) is 4.60. The van der Waals surface area contributed by atoms with Gasteiger partial charge in [0.2, 0.25) is 0 Å². The van der Waals surface area contributed by atoms with Crippen LogP contribution in [0.4, 0.5) is 0 Å². The van der Waals surface area contributed by atoms with Crippen LogP contribution in [-0.2, 0) is 4.79 Å². The van der Waals surface area contributed by atoms with Crippen molar-refractivity contribution < 1.29 is 4.79 Å². The molecule has 4 heteroatoms. The Labute approximate surface area is 121 Å². The molecule has 0 unspecified atom stereocenters. The van der Waals surface area contributed by atoms with E-state index in [1.165, 1.54) is 37.9 Å². The highest BCUT2D eigenvalue weighted by Gasteiger charge is 2.17. The zero-order valence-electron chi connectivity index (χ0n) is 12.6. The molecule has 1 saturated heterocycles. The molecule has 20 heavy (non-hydrogen) atoms. The SMILES string of the molecule is CC(C)/C=C/NC(=O)C1=NCC(CN2CCCCC2)=C1. The first kappa shape index (κ1) is 15.0. The lowest BCUT2D eigenvalue weighted by atomic mass is 10.1. The predicted octanol–water partition coefficient (Wildman–Crippen LogP) is 2.14. The van der Waals surface area contributed by atoms with Crippen LogP contribution in [0.2, 0.25) is 0 Å². The van der Waals surface area contributed by atoms with E-state index >= 15 is 0 Å². The van der Waals surface area contributed by atoms with Crippen molar-refractivity contribution in [2.24, 2.45) is 10.9 Å². The van der Waals surface area contributed by atoms with Crippen LogP contribution in [0.1, 0.15) is 33.1 Å². The van der Waals surface area contributed by atoms with E-state index in [4.69, 9.17) is 0 Å². The van der Waals surface area contributed by atoms with Crippen LogP contribution in [0.3, 0.4) is 0 Å². The molecule has 0 saturated carbocycles. The first-order chi connectivity index (χ1) is 9.65. The van der Waals surface area contributed by atoms with Crippen molar-refractivity contribution in [3.05, 3.63) is 23.9 Å². The Morgan fingerprint density at radius 2 is 2.15 bits per heavy atom. The summed E-state index contributed by atoms with van der Waals surface area (Å²) in [6.07, 6.45) is 9.57. The van der Waals surface area contributed by atoms with Crippen molar-refractivity contribution in [3.63, 3.8) is 0 Å². The quantitative estimate of drug-likeness (QED) is 0.835. The lowest BCUT2D eigenvalue weighted by Crippen LogP contribution is -2.31. The summed E-state index contributed by atoms with van der Waals surface area (Å²) >= 11 is 0. The lowest BCUT2D eigenvalue weighted by molar-refractivity contribution is -0.113. The Morgan fingerprint density at radius 3 is 2.85 bits per heavy atom. The van der Waals surface area contributed by atoms with Crippen molar-refractivity contribution in [2.75, 3.05) is 26.2 Å². The Morgan fingerprint density at radius 1 is 1.40 bits per heavy atom. The molecule has 1 amide bonds. The molecule has 1 N–H and O–H groups in total. The second-order valence-electron chi connectivity index (χ2n) is 5.92. The van der Waals surface area contributed by atoms with Crippen LogP contribution in [0.15, 0.2) is 28.9 Å². The Balaban J connectivity index is 1.80. The van der Waals surface area contributed by atoms with Crippen LogP contribution in [0, 0.1) is 5.92 Å². The fourth-order valence-corrected chi connectivity index (χ4v) is 2.50. The lowest BCUT2D eigenvalue weighted by Gasteiger charge is -2.26. The number of piperidine rings is 1. The molecule has 4 nitrogen and oxygen atoms in total. The van der Waals surface area contributed by atoms with Gasteiger partial charge in [0.25, 0.3) is 5.91 Å². The summed E-state index contributed by atoms with van der Waals surface area (Å²) in [6, 6.07) is 0. The maximum Gasteiger partial charge on any atom is 0.273 e. The van der Waals surface area contributed by atoms with Crippen molar-refractivity contribution >= 4 is 11.6 Å². The molecule has 0 aliphatic carbocycles. The Hall–Kier alpha value is -1.42. The number of nitrogens with one attached hydrogen (secondary N) is 1. The maximum atomic E-state index is 11.9. The number of amides is 1. The second kappa shape index (κ2) is 7.39. The number of carbonyl (C=O) groups is 1. The molecule has 2 aliphatic heterocycles. The van der Waals surface area contributed by atoms with Crippen LogP contribution in [-0.4, -0.2) is 42.7 Å². The van der Waals surface area contributed by atoms with E-state index in [0.717, 1.165) is 6.54 Å². The van der Waals surface area contributed by atoms with Gasteiger partial charge in [-0.15, -0.1) is 0 Å². The number of nitrogens with zero attached hydrogens (tertiary/aromatic N) is 2. The highest BCUT2D eigenvalue weighted by Crippen LogP contribution is 2.13. The van der Waals surface area contributed by atoms with Crippen molar-refractivity contribution in [2.45, 2.75) is 33.1 Å². The molecular weight excluding hydrogens is 250 g/mol. The molecule has 0 atom stereocenters. The number of hydrogen-bond donors (Lipinski definition) is 1. The molecule has 110 valence electrons. The van der Waals surface area contributed by atoms with Gasteiger partial charge in [0.1, 0.15) is 5.71 Å². The van der Waals surface area contributed by atoms with Crippen molar-refractivity contribution in [1.82, 2.24) is 10.2 Å². The van der Waals surface area contributed by atoms with E-state index in [0.29, 0.717) is 18.2 Å². The summed E-state index contributed by atoms with van der Waals surface area (Å²) in [4.78, 5) is 18.7. The van der Waals surface area contributed by atoms with Gasteiger partial charge in [-0.25, -0.2) is 0 Å². The summed E-state index contributed by atoms with van der Waals surface area (Å²) in [5.74, 6) is 0.335. The van der Waals surface area contributed by atoms with Gasteiger partial charge in [0.15, 0.2) is 0 Å². The molecule has 0 aromatic carbocycles. The normalized spacial score (nSPS) is 20.4. The summed E-state index contributed by atoms with van der Waals surface area (Å²) in [7, 11) is 0. The van der Waals surface area contributed by atoms with Gasteiger partial charge in [0.05, 0.1) is 6.54 Å². The van der Waals surface area contributed by atoms with E-state index in [1.807, 2.05) is 12.2 Å². The molecule has 0 radical (unpaired) electrons. The minimum Gasteiger partial charge on any atom is -0.328 e. The molecule has 2 rings (SSSR count). The Bertz CT molecular complexity index is 429. The van der Waals surface area contributed by atoms with E-state index in [1.54, 1.807) is 6.20 Å². The van der Waals surface area contributed by atoms with Crippen LogP contribution >= 0.6 is 0 Å². The van der Waals surface area contributed by atoms with Gasteiger partial charge in [-0.05, 0) is 43.5 Å². The average Bonchev–Trinajstić information content (AvgIpc) is 2.88. The number of likely N-dealkylation sites (tertiary alicyclic amines) is 1. The van der Waals surface area contributed by atoms with Gasteiger partial charge in [-0.2, -0.15) is 0 Å². The minimum absolute atomic E-state index is 0.101. The van der Waals surface area contributed by atoms with E-state index in [9.17, 15) is 4.79 Å². The van der Waals surface area contributed by atoms with E-state index in [2.05, 4.69) is 29.1 Å². The number of carbonyl (C=O) groups excluding carboxylic acids is 1. The predicted molar refractivity (Wildman–Crippen MR) is 82.8 cm³/mol. The summed E-state index contributed by atoms with van der Waals surface area (Å²) in [6.45, 7) is 8.14. The number of aliphatic imine (C=N–C) groups is 1. The van der Waals surface area contributed by atoms with Gasteiger partial charge >= 0.3 is 0 Å². The molecule has 2 aliphatic rings. The van der Waals surface area contributed by atoms with Crippen LogP contribution < -0.4 is 5.32 Å². The Kier molecular flexibility index (Phi) is 5.53. The van der Waals surface area contributed by atoms with Crippen LogP contribution in [0.25, 0.3) is 0 Å².